The number of pyridine rings is 1. The van der Waals surface area contributed by atoms with Gasteiger partial charge in [0.1, 0.15) is 11.4 Å². The lowest BCUT2D eigenvalue weighted by Gasteiger charge is -2.25. The van der Waals surface area contributed by atoms with Gasteiger partial charge >= 0.3 is 0 Å². The predicted molar refractivity (Wildman–Crippen MR) is 143 cm³/mol. The molecular formula is C30H30N2O5. The topological polar surface area (TPSA) is 81.9 Å². The van der Waals surface area contributed by atoms with E-state index in [1.54, 1.807) is 25.4 Å². The van der Waals surface area contributed by atoms with E-state index in [4.69, 9.17) is 13.9 Å². The van der Waals surface area contributed by atoms with E-state index in [9.17, 15) is 9.59 Å². The first-order valence-electron chi connectivity index (χ1n) is 12.4. The zero-order valence-electron chi connectivity index (χ0n) is 21.7. The van der Waals surface area contributed by atoms with Crippen molar-refractivity contribution in [3.8, 4) is 11.5 Å². The molecule has 1 aliphatic heterocycles. The van der Waals surface area contributed by atoms with Crippen molar-refractivity contribution in [2.45, 2.75) is 40.2 Å². The summed E-state index contributed by atoms with van der Waals surface area (Å²) >= 11 is 0. The third kappa shape index (κ3) is 4.46. The number of nitrogens with zero attached hydrogens (tertiary/aromatic N) is 2. The summed E-state index contributed by atoms with van der Waals surface area (Å²) in [7, 11) is 1.58. The van der Waals surface area contributed by atoms with Gasteiger partial charge in [-0.1, -0.05) is 31.5 Å². The first-order valence-corrected chi connectivity index (χ1v) is 12.4. The highest BCUT2D eigenvalue weighted by atomic mass is 16.5. The highest BCUT2D eigenvalue weighted by Gasteiger charge is 2.44. The van der Waals surface area contributed by atoms with Crippen LogP contribution in [0.4, 0.5) is 5.82 Å². The zero-order valence-corrected chi connectivity index (χ0v) is 21.7. The van der Waals surface area contributed by atoms with Gasteiger partial charge in [0.15, 0.2) is 16.9 Å². The largest absolute Gasteiger partial charge is 0.493 e. The summed E-state index contributed by atoms with van der Waals surface area (Å²) in [4.78, 5) is 33.6. The van der Waals surface area contributed by atoms with Crippen LogP contribution in [0.3, 0.4) is 0 Å². The zero-order chi connectivity index (χ0) is 26.3. The van der Waals surface area contributed by atoms with Gasteiger partial charge in [-0.15, -0.1) is 0 Å². The van der Waals surface area contributed by atoms with E-state index in [-0.39, 0.29) is 11.2 Å². The second-order valence-electron chi connectivity index (χ2n) is 9.88. The second kappa shape index (κ2) is 9.73. The fourth-order valence-electron chi connectivity index (χ4n) is 4.67. The molecule has 7 heteroatoms. The molecule has 7 nitrogen and oxygen atoms in total. The SMILES string of the molecule is COc1cc([C@H]2c3c(oc4ccc(C)cc4c3=O)C(=O)N2c2cc(C)ccn2)ccc1OCCC(C)C. The van der Waals surface area contributed by atoms with Gasteiger partial charge in [0, 0.05) is 6.20 Å². The van der Waals surface area contributed by atoms with E-state index in [0.717, 1.165) is 17.5 Å². The summed E-state index contributed by atoms with van der Waals surface area (Å²) in [6.07, 6.45) is 2.56. The summed E-state index contributed by atoms with van der Waals surface area (Å²) in [6, 6.07) is 13.8. The second-order valence-corrected chi connectivity index (χ2v) is 9.88. The lowest BCUT2D eigenvalue weighted by Crippen LogP contribution is -2.30. The molecule has 2 aromatic carbocycles. The Labute approximate surface area is 215 Å². The molecule has 2 aromatic heterocycles. The van der Waals surface area contributed by atoms with Crippen molar-refractivity contribution in [1.29, 1.82) is 0 Å². The molecule has 0 bridgehead atoms. The molecule has 190 valence electrons. The molecule has 1 aliphatic rings. The van der Waals surface area contributed by atoms with Crippen molar-refractivity contribution in [3.05, 3.63) is 93.0 Å². The minimum absolute atomic E-state index is 0.0332. The van der Waals surface area contributed by atoms with Gasteiger partial charge in [-0.2, -0.15) is 0 Å². The number of aryl methyl sites for hydroxylation is 2. The Hall–Kier alpha value is -4.13. The lowest BCUT2D eigenvalue weighted by molar-refractivity contribution is 0.0970. The van der Waals surface area contributed by atoms with Crippen LogP contribution in [0.1, 0.15) is 59.1 Å². The highest BCUT2D eigenvalue weighted by Crippen LogP contribution is 2.43. The fraction of sp³-hybridized carbons (Fsp3) is 0.300. The number of methoxy groups -OCH3 is 1. The maximum absolute atomic E-state index is 13.9. The first kappa shape index (κ1) is 24.6. The minimum atomic E-state index is -0.739. The van der Waals surface area contributed by atoms with E-state index in [1.807, 2.05) is 50.2 Å². The summed E-state index contributed by atoms with van der Waals surface area (Å²) in [5.41, 5.74) is 3.02. The first-order chi connectivity index (χ1) is 17.8. The molecule has 1 atom stereocenters. The predicted octanol–water partition coefficient (Wildman–Crippen LogP) is 5.99. The average Bonchev–Trinajstić information content (AvgIpc) is 3.17. The summed E-state index contributed by atoms with van der Waals surface area (Å²) in [5, 5.41) is 0.441. The highest BCUT2D eigenvalue weighted by molar-refractivity contribution is 6.10. The smallest absolute Gasteiger partial charge is 0.296 e. The van der Waals surface area contributed by atoms with E-state index >= 15 is 0 Å². The molecule has 0 aliphatic carbocycles. The number of hydrogen-bond donors (Lipinski definition) is 0. The van der Waals surface area contributed by atoms with E-state index in [2.05, 4.69) is 18.8 Å². The molecule has 0 radical (unpaired) electrons. The number of anilines is 1. The van der Waals surface area contributed by atoms with Crippen molar-refractivity contribution >= 4 is 22.7 Å². The summed E-state index contributed by atoms with van der Waals surface area (Å²) in [6.45, 7) is 8.69. The Morgan fingerprint density at radius 2 is 1.78 bits per heavy atom. The molecule has 4 aromatic rings. The molecule has 3 heterocycles. The third-order valence-corrected chi connectivity index (χ3v) is 6.63. The van der Waals surface area contributed by atoms with Crippen molar-refractivity contribution in [1.82, 2.24) is 4.98 Å². The fourth-order valence-corrected chi connectivity index (χ4v) is 4.67. The van der Waals surface area contributed by atoms with Crippen molar-refractivity contribution in [2.75, 3.05) is 18.6 Å². The normalized spacial score (nSPS) is 14.9. The van der Waals surface area contributed by atoms with E-state index in [1.165, 1.54) is 4.90 Å². The van der Waals surface area contributed by atoms with Gasteiger partial charge < -0.3 is 13.9 Å². The Bertz CT molecular complexity index is 1560. The molecule has 37 heavy (non-hydrogen) atoms. The monoisotopic (exact) mass is 498 g/mol. The number of amides is 1. The molecular weight excluding hydrogens is 468 g/mol. The van der Waals surface area contributed by atoms with Crippen LogP contribution in [0, 0.1) is 19.8 Å². The average molecular weight is 499 g/mol. The Morgan fingerprint density at radius 1 is 1.00 bits per heavy atom. The van der Waals surface area contributed by atoms with Gasteiger partial charge in [-0.3, -0.25) is 14.5 Å². The quantitative estimate of drug-likeness (QED) is 0.311. The number of hydrogen-bond acceptors (Lipinski definition) is 6. The number of benzene rings is 2. The third-order valence-electron chi connectivity index (χ3n) is 6.63. The maximum atomic E-state index is 13.9. The van der Waals surface area contributed by atoms with Gasteiger partial charge in [-0.25, -0.2) is 4.98 Å². The van der Waals surface area contributed by atoms with Crippen molar-refractivity contribution in [3.63, 3.8) is 0 Å². The van der Waals surface area contributed by atoms with Crippen LogP contribution < -0.4 is 19.8 Å². The number of rotatable bonds is 7. The van der Waals surface area contributed by atoms with E-state index in [0.29, 0.717) is 51.9 Å². The summed E-state index contributed by atoms with van der Waals surface area (Å²) < 4.78 is 17.7. The standard InChI is InChI=1S/C30H30N2O5/c1-17(2)11-13-36-23-9-7-20(16-24(23)35-5)27-26-28(33)21-14-18(3)6-8-22(21)37-29(26)30(34)32(27)25-15-19(4)10-12-31-25/h6-10,12,14-17,27H,11,13H2,1-5H3/t27-/m0/s1. The molecule has 0 saturated heterocycles. The maximum Gasteiger partial charge on any atom is 0.296 e. The van der Waals surface area contributed by atoms with Crippen LogP contribution in [-0.2, 0) is 0 Å². The molecule has 0 N–H and O–H groups in total. The molecule has 5 rings (SSSR count). The Kier molecular flexibility index (Phi) is 6.46. The van der Waals surface area contributed by atoms with Crippen LogP contribution >= 0.6 is 0 Å². The number of fused-ring (bicyclic) bond motifs is 2. The number of aromatic nitrogens is 1. The van der Waals surface area contributed by atoms with Gasteiger partial charge in [-0.05, 0) is 73.7 Å². The number of ether oxygens (including phenoxy) is 2. The molecule has 0 fully saturated rings. The van der Waals surface area contributed by atoms with Crippen LogP contribution in [0.2, 0.25) is 0 Å². The molecule has 0 unspecified atom stereocenters. The van der Waals surface area contributed by atoms with Gasteiger partial charge in [0.05, 0.1) is 30.7 Å². The van der Waals surface area contributed by atoms with Gasteiger partial charge in [0.25, 0.3) is 5.91 Å². The summed E-state index contributed by atoms with van der Waals surface area (Å²) in [5.74, 6) is 1.72. The van der Waals surface area contributed by atoms with Crippen LogP contribution in [-0.4, -0.2) is 24.6 Å². The van der Waals surface area contributed by atoms with E-state index < -0.39 is 11.9 Å². The molecule has 0 saturated carbocycles. The number of carbonyl (C=O) groups is 1. The molecule has 1 amide bonds. The van der Waals surface area contributed by atoms with Crippen molar-refractivity contribution in [2.24, 2.45) is 5.92 Å². The number of carbonyl (C=O) groups excluding carboxylic acids is 1. The van der Waals surface area contributed by atoms with Gasteiger partial charge in [0.2, 0.25) is 5.76 Å². The van der Waals surface area contributed by atoms with Crippen LogP contribution in [0.15, 0.2) is 63.9 Å². The van der Waals surface area contributed by atoms with Crippen molar-refractivity contribution < 1.29 is 18.7 Å². The Balaban J connectivity index is 1.69. The molecule has 0 spiro atoms. The lowest BCUT2D eigenvalue weighted by atomic mass is 9.97. The minimum Gasteiger partial charge on any atom is -0.493 e. The van der Waals surface area contributed by atoms with Crippen LogP contribution in [0.5, 0.6) is 11.5 Å². The van der Waals surface area contributed by atoms with Crippen LogP contribution in [0.25, 0.3) is 11.0 Å². The Morgan fingerprint density at radius 3 is 2.51 bits per heavy atom.